The van der Waals surface area contributed by atoms with Crippen LogP contribution in [0.3, 0.4) is 0 Å². The van der Waals surface area contributed by atoms with Crippen molar-refractivity contribution < 1.29 is 8.83 Å². The van der Waals surface area contributed by atoms with Gasteiger partial charge in [0.2, 0.25) is 0 Å². The molecule has 1 aliphatic heterocycles. The molecule has 0 amide bonds. The molecule has 0 radical (unpaired) electrons. The van der Waals surface area contributed by atoms with Crippen LogP contribution in [0.5, 0.6) is 0 Å². The van der Waals surface area contributed by atoms with Gasteiger partial charge in [0.05, 0.1) is 23.2 Å². The van der Waals surface area contributed by atoms with Crippen molar-refractivity contribution in [1.29, 1.82) is 0 Å². The zero-order chi connectivity index (χ0) is 18.2. The Morgan fingerprint density at radius 2 is 1.78 bits per heavy atom. The van der Waals surface area contributed by atoms with Gasteiger partial charge in [0.25, 0.3) is 0 Å². The van der Waals surface area contributed by atoms with Gasteiger partial charge in [-0.2, -0.15) is 5.10 Å². The van der Waals surface area contributed by atoms with E-state index in [-0.39, 0.29) is 11.7 Å². The average molecular weight is 356 g/mol. The van der Waals surface area contributed by atoms with E-state index >= 15 is 0 Å². The topological polar surface area (TPSA) is 59.0 Å². The fourth-order valence-electron chi connectivity index (χ4n) is 3.46. The number of benzene rings is 2. The molecule has 27 heavy (non-hydrogen) atoms. The van der Waals surface area contributed by atoms with Crippen molar-refractivity contribution in [1.82, 2.24) is 0 Å². The van der Waals surface area contributed by atoms with E-state index in [0.29, 0.717) is 23.3 Å². The fourth-order valence-corrected chi connectivity index (χ4v) is 3.46. The molecule has 0 spiro atoms. The van der Waals surface area contributed by atoms with E-state index in [4.69, 9.17) is 13.9 Å². The third-order valence-corrected chi connectivity index (χ3v) is 4.76. The van der Waals surface area contributed by atoms with Gasteiger partial charge in [-0.3, -0.25) is 5.01 Å². The maximum atomic E-state index is 12.6. The molecule has 0 N–H and O–H groups in total. The monoisotopic (exact) mass is 356 g/mol. The molecular weight excluding hydrogens is 340 g/mol. The number of para-hydroxylation sites is 2. The summed E-state index contributed by atoms with van der Waals surface area (Å²) in [5.41, 5.74) is 2.33. The summed E-state index contributed by atoms with van der Waals surface area (Å²) in [5, 5.41) is 7.55. The highest BCUT2D eigenvalue weighted by molar-refractivity contribution is 6.04. The van der Waals surface area contributed by atoms with E-state index in [1.807, 2.05) is 71.7 Å². The molecule has 0 bridgehead atoms. The number of rotatable bonds is 3. The van der Waals surface area contributed by atoms with Crippen LogP contribution in [0.25, 0.3) is 11.0 Å². The minimum Gasteiger partial charge on any atom is -0.467 e. The van der Waals surface area contributed by atoms with Crippen LogP contribution in [0, 0.1) is 0 Å². The van der Waals surface area contributed by atoms with Crippen LogP contribution >= 0.6 is 0 Å². The molecule has 5 heteroatoms. The second kappa shape index (κ2) is 6.29. The van der Waals surface area contributed by atoms with Crippen LogP contribution in [0.4, 0.5) is 5.69 Å². The van der Waals surface area contributed by atoms with Crippen LogP contribution in [0.1, 0.15) is 23.8 Å². The van der Waals surface area contributed by atoms with Gasteiger partial charge in [0.15, 0.2) is 0 Å². The number of fused-ring (bicyclic) bond motifs is 1. The Labute approximate surface area is 155 Å². The Balaban J connectivity index is 1.62. The molecule has 1 atom stereocenters. The second-order valence-corrected chi connectivity index (χ2v) is 6.45. The largest absolute Gasteiger partial charge is 0.467 e. The number of furan rings is 1. The fraction of sp³-hybridized carbons (Fsp3) is 0.0909. The molecule has 5 rings (SSSR count). The SMILES string of the molecule is O=c1oc2ccccc2cc1C1=NN(c2ccccc2)[C@@H](c2ccco2)C1. The summed E-state index contributed by atoms with van der Waals surface area (Å²) in [4.78, 5) is 12.6. The predicted molar refractivity (Wildman–Crippen MR) is 104 cm³/mol. The maximum Gasteiger partial charge on any atom is 0.345 e. The summed E-state index contributed by atoms with van der Waals surface area (Å²) in [6, 6.07) is 22.9. The van der Waals surface area contributed by atoms with E-state index in [0.717, 1.165) is 16.8 Å². The molecule has 1 aliphatic rings. The molecule has 0 aliphatic carbocycles. The van der Waals surface area contributed by atoms with Crippen molar-refractivity contribution in [3.05, 3.63) is 101 Å². The lowest BCUT2D eigenvalue weighted by molar-refractivity contribution is 0.465. The van der Waals surface area contributed by atoms with Crippen molar-refractivity contribution in [2.75, 3.05) is 5.01 Å². The molecule has 3 heterocycles. The van der Waals surface area contributed by atoms with Crippen LogP contribution in [-0.4, -0.2) is 5.71 Å². The number of anilines is 1. The zero-order valence-corrected chi connectivity index (χ0v) is 14.4. The molecule has 0 saturated heterocycles. The Hall–Kier alpha value is -3.60. The Kier molecular flexibility index (Phi) is 3.64. The quantitative estimate of drug-likeness (QED) is 0.497. The molecule has 2 aromatic heterocycles. The van der Waals surface area contributed by atoms with Gasteiger partial charge in [0, 0.05) is 11.8 Å². The van der Waals surface area contributed by atoms with Gasteiger partial charge in [-0.1, -0.05) is 36.4 Å². The Bertz CT molecular complexity index is 1180. The summed E-state index contributed by atoms with van der Waals surface area (Å²) in [6.07, 6.45) is 2.21. The van der Waals surface area contributed by atoms with E-state index in [2.05, 4.69) is 0 Å². The van der Waals surface area contributed by atoms with Crippen molar-refractivity contribution in [2.45, 2.75) is 12.5 Å². The van der Waals surface area contributed by atoms with Gasteiger partial charge in [-0.15, -0.1) is 0 Å². The first-order chi connectivity index (χ1) is 13.3. The summed E-state index contributed by atoms with van der Waals surface area (Å²) in [6.45, 7) is 0. The van der Waals surface area contributed by atoms with E-state index < -0.39 is 0 Å². The van der Waals surface area contributed by atoms with E-state index in [1.165, 1.54) is 0 Å². The maximum absolute atomic E-state index is 12.6. The van der Waals surface area contributed by atoms with Crippen LogP contribution in [-0.2, 0) is 0 Å². The lowest BCUT2D eigenvalue weighted by Crippen LogP contribution is -2.17. The number of hydrogen-bond acceptors (Lipinski definition) is 5. The van der Waals surface area contributed by atoms with Crippen LogP contribution < -0.4 is 10.6 Å². The van der Waals surface area contributed by atoms with E-state index in [9.17, 15) is 4.79 Å². The molecule has 5 nitrogen and oxygen atoms in total. The molecule has 0 unspecified atom stereocenters. The lowest BCUT2D eigenvalue weighted by atomic mass is 10.0. The summed E-state index contributed by atoms with van der Waals surface area (Å²) in [5.74, 6) is 0.808. The molecule has 0 saturated carbocycles. The first kappa shape index (κ1) is 15.6. The van der Waals surface area contributed by atoms with Gasteiger partial charge in [-0.05, 0) is 36.4 Å². The molecule has 2 aromatic carbocycles. The van der Waals surface area contributed by atoms with Gasteiger partial charge >= 0.3 is 5.63 Å². The molecule has 132 valence electrons. The highest BCUT2D eigenvalue weighted by atomic mass is 16.4. The number of nitrogens with zero attached hydrogens (tertiary/aromatic N) is 2. The normalized spacial score (nSPS) is 16.7. The van der Waals surface area contributed by atoms with Crippen molar-refractivity contribution >= 4 is 22.4 Å². The van der Waals surface area contributed by atoms with Crippen LogP contribution in [0.2, 0.25) is 0 Å². The third kappa shape index (κ3) is 2.73. The van der Waals surface area contributed by atoms with Gasteiger partial charge in [-0.25, -0.2) is 4.79 Å². The lowest BCUT2D eigenvalue weighted by Gasteiger charge is -2.21. The van der Waals surface area contributed by atoms with Crippen LogP contribution in [0.15, 0.2) is 97.8 Å². The first-order valence-electron chi connectivity index (χ1n) is 8.78. The molecule has 0 fully saturated rings. The van der Waals surface area contributed by atoms with Gasteiger partial charge in [0.1, 0.15) is 17.4 Å². The first-order valence-corrected chi connectivity index (χ1v) is 8.78. The van der Waals surface area contributed by atoms with Crippen molar-refractivity contribution in [3.63, 3.8) is 0 Å². The number of hydrogen-bond donors (Lipinski definition) is 0. The van der Waals surface area contributed by atoms with Crippen molar-refractivity contribution in [2.24, 2.45) is 5.10 Å². The predicted octanol–water partition coefficient (Wildman–Crippen LogP) is 4.74. The Morgan fingerprint density at radius 1 is 0.963 bits per heavy atom. The minimum atomic E-state index is -0.374. The summed E-state index contributed by atoms with van der Waals surface area (Å²) < 4.78 is 11.1. The molecule has 4 aromatic rings. The summed E-state index contributed by atoms with van der Waals surface area (Å²) in [7, 11) is 0. The number of hydrazone groups is 1. The third-order valence-electron chi connectivity index (χ3n) is 4.76. The van der Waals surface area contributed by atoms with E-state index in [1.54, 1.807) is 12.3 Å². The minimum absolute atomic E-state index is 0.108. The standard InChI is InChI=1S/C22H16N2O3/c25-22-17(13-15-7-4-5-10-20(15)27-22)18-14-19(21-11-6-12-26-21)24(23-18)16-8-2-1-3-9-16/h1-13,19H,14H2/t19-/m1/s1. The average Bonchev–Trinajstić information content (AvgIpc) is 3.38. The highest BCUT2D eigenvalue weighted by Gasteiger charge is 2.33. The highest BCUT2D eigenvalue weighted by Crippen LogP contribution is 2.36. The summed E-state index contributed by atoms with van der Waals surface area (Å²) >= 11 is 0. The smallest absolute Gasteiger partial charge is 0.345 e. The van der Waals surface area contributed by atoms with Gasteiger partial charge < -0.3 is 8.83 Å². The second-order valence-electron chi connectivity index (χ2n) is 6.45. The zero-order valence-electron chi connectivity index (χ0n) is 14.4. The Morgan fingerprint density at radius 3 is 2.59 bits per heavy atom. The van der Waals surface area contributed by atoms with Crippen molar-refractivity contribution in [3.8, 4) is 0 Å². The molecular formula is C22H16N2O3.